The van der Waals surface area contributed by atoms with Gasteiger partial charge in [-0.15, -0.1) is 0 Å². The minimum Gasteiger partial charge on any atom is -0.496 e. The van der Waals surface area contributed by atoms with E-state index in [2.05, 4.69) is 15.9 Å². The first-order valence-electron chi connectivity index (χ1n) is 7.88. The molecule has 0 atom stereocenters. The van der Waals surface area contributed by atoms with Crippen molar-refractivity contribution in [3.8, 4) is 11.5 Å². The molecule has 132 valence electrons. The van der Waals surface area contributed by atoms with Gasteiger partial charge in [-0.3, -0.25) is 0 Å². The van der Waals surface area contributed by atoms with Gasteiger partial charge in [0.05, 0.1) is 29.3 Å². The smallest absolute Gasteiger partial charge is 0.343 e. The van der Waals surface area contributed by atoms with Crippen molar-refractivity contribution in [2.24, 2.45) is 0 Å². The number of unbranched alkanes of at least 4 members (excludes halogenated alkanes) is 1. The Morgan fingerprint density at radius 1 is 1.00 bits per heavy atom. The summed E-state index contributed by atoms with van der Waals surface area (Å²) in [6.07, 6.45) is 1.79. The molecule has 0 bridgehead atoms. The first-order valence-corrected chi connectivity index (χ1v) is 8.67. The molecule has 2 aromatic carbocycles. The van der Waals surface area contributed by atoms with E-state index in [9.17, 15) is 9.59 Å². The average Bonchev–Trinajstić information content (AvgIpc) is 2.62. The zero-order chi connectivity index (χ0) is 18.2. The summed E-state index contributed by atoms with van der Waals surface area (Å²) >= 11 is 3.33. The van der Waals surface area contributed by atoms with E-state index in [-0.39, 0.29) is 5.97 Å². The molecule has 0 amide bonds. The van der Waals surface area contributed by atoms with Crippen molar-refractivity contribution in [2.45, 2.75) is 19.8 Å². The van der Waals surface area contributed by atoms with Gasteiger partial charge in [0, 0.05) is 0 Å². The highest BCUT2D eigenvalue weighted by atomic mass is 79.9. The molecular formula is C19H19BrO5. The largest absolute Gasteiger partial charge is 0.496 e. The molecule has 0 aromatic heterocycles. The number of hydrogen-bond acceptors (Lipinski definition) is 5. The van der Waals surface area contributed by atoms with Crippen molar-refractivity contribution in [1.82, 2.24) is 0 Å². The fourth-order valence-corrected chi connectivity index (χ4v) is 2.55. The van der Waals surface area contributed by atoms with E-state index < -0.39 is 5.97 Å². The molecule has 2 rings (SSSR count). The summed E-state index contributed by atoms with van der Waals surface area (Å²) in [4.78, 5) is 24.0. The molecule has 0 fully saturated rings. The fourth-order valence-electron chi connectivity index (χ4n) is 2.01. The average molecular weight is 407 g/mol. The quantitative estimate of drug-likeness (QED) is 0.380. The SMILES string of the molecule is CCCCOC(=O)c1ccc(OC(=O)c2ccc(OC)c(Br)c2)cc1. The van der Waals surface area contributed by atoms with Crippen LogP contribution in [0.3, 0.4) is 0 Å². The molecule has 0 saturated carbocycles. The number of hydrogen-bond donors (Lipinski definition) is 0. The number of rotatable bonds is 7. The van der Waals surface area contributed by atoms with Crippen LogP contribution < -0.4 is 9.47 Å². The molecule has 0 spiro atoms. The maximum absolute atomic E-state index is 12.2. The van der Waals surface area contributed by atoms with E-state index in [1.165, 1.54) is 0 Å². The zero-order valence-electron chi connectivity index (χ0n) is 14.1. The predicted octanol–water partition coefficient (Wildman–Crippen LogP) is 4.63. The Balaban J connectivity index is 1.99. The fraction of sp³-hybridized carbons (Fsp3) is 0.263. The van der Waals surface area contributed by atoms with Crippen LogP contribution >= 0.6 is 15.9 Å². The Labute approximate surface area is 155 Å². The summed E-state index contributed by atoms with van der Waals surface area (Å²) < 4.78 is 16.2. The maximum atomic E-state index is 12.2. The zero-order valence-corrected chi connectivity index (χ0v) is 15.7. The van der Waals surface area contributed by atoms with Crippen molar-refractivity contribution < 1.29 is 23.8 Å². The number of halogens is 1. The van der Waals surface area contributed by atoms with Gasteiger partial charge >= 0.3 is 11.9 Å². The summed E-state index contributed by atoms with van der Waals surface area (Å²) in [5.41, 5.74) is 0.804. The van der Waals surface area contributed by atoms with E-state index in [1.807, 2.05) is 6.92 Å². The van der Waals surface area contributed by atoms with Crippen LogP contribution in [0.25, 0.3) is 0 Å². The van der Waals surface area contributed by atoms with Gasteiger partial charge in [-0.05, 0) is 64.8 Å². The lowest BCUT2D eigenvalue weighted by molar-refractivity contribution is 0.0499. The molecule has 6 heteroatoms. The molecule has 0 radical (unpaired) electrons. The Morgan fingerprint density at radius 3 is 2.28 bits per heavy atom. The highest BCUT2D eigenvalue weighted by molar-refractivity contribution is 9.10. The third-order valence-corrected chi connectivity index (χ3v) is 4.04. The molecule has 0 heterocycles. The van der Waals surface area contributed by atoms with Crippen LogP contribution in [0.2, 0.25) is 0 Å². The van der Waals surface area contributed by atoms with E-state index in [1.54, 1.807) is 49.6 Å². The van der Waals surface area contributed by atoms with Crippen LogP contribution in [-0.2, 0) is 4.74 Å². The van der Waals surface area contributed by atoms with Crippen LogP contribution in [0.5, 0.6) is 11.5 Å². The molecule has 5 nitrogen and oxygen atoms in total. The Kier molecular flexibility index (Phi) is 7.01. The predicted molar refractivity (Wildman–Crippen MR) is 97.3 cm³/mol. The van der Waals surface area contributed by atoms with Crippen molar-refractivity contribution in [3.63, 3.8) is 0 Å². The first-order chi connectivity index (χ1) is 12.0. The first kappa shape index (κ1) is 19.0. The normalized spacial score (nSPS) is 10.2. The van der Waals surface area contributed by atoms with Gasteiger partial charge < -0.3 is 14.2 Å². The lowest BCUT2D eigenvalue weighted by Gasteiger charge is -2.08. The van der Waals surface area contributed by atoms with E-state index in [0.717, 1.165) is 12.8 Å². The van der Waals surface area contributed by atoms with E-state index >= 15 is 0 Å². The van der Waals surface area contributed by atoms with Gasteiger partial charge in [-0.1, -0.05) is 13.3 Å². The Bertz CT molecular complexity index is 740. The van der Waals surface area contributed by atoms with Crippen LogP contribution in [-0.4, -0.2) is 25.7 Å². The van der Waals surface area contributed by atoms with E-state index in [4.69, 9.17) is 14.2 Å². The minimum absolute atomic E-state index is 0.349. The molecule has 0 aliphatic rings. The van der Waals surface area contributed by atoms with Crippen LogP contribution in [0.4, 0.5) is 0 Å². The summed E-state index contributed by atoms with van der Waals surface area (Å²) in [6, 6.07) is 11.2. The van der Waals surface area contributed by atoms with Gasteiger partial charge in [0.25, 0.3) is 0 Å². The number of carbonyl (C=O) groups excluding carboxylic acids is 2. The molecule has 0 saturated heterocycles. The topological polar surface area (TPSA) is 61.8 Å². The Hall–Kier alpha value is -2.34. The van der Waals surface area contributed by atoms with Crippen molar-refractivity contribution in [2.75, 3.05) is 13.7 Å². The lowest BCUT2D eigenvalue weighted by atomic mass is 10.2. The van der Waals surface area contributed by atoms with Gasteiger partial charge in [0.2, 0.25) is 0 Å². The molecule has 2 aromatic rings. The molecule has 0 unspecified atom stereocenters. The maximum Gasteiger partial charge on any atom is 0.343 e. The summed E-state index contributed by atoms with van der Waals surface area (Å²) in [7, 11) is 1.55. The number of methoxy groups -OCH3 is 1. The highest BCUT2D eigenvalue weighted by Gasteiger charge is 2.12. The Morgan fingerprint density at radius 2 is 1.68 bits per heavy atom. The van der Waals surface area contributed by atoms with Crippen LogP contribution in [0.15, 0.2) is 46.9 Å². The van der Waals surface area contributed by atoms with E-state index in [0.29, 0.717) is 33.7 Å². The molecule has 0 N–H and O–H groups in total. The minimum atomic E-state index is -0.498. The second kappa shape index (κ2) is 9.22. The number of esters is 2. The van der Waals surface area contributed by atoms with Crippen molar-refractivity contribution in [1.29, 1.82) is 0 Å². The third kappa shape index (κ3) is 5.32. The van der Waals surface area contributed by atoms with Gasteiger partial charge in [0.15, 0.2) is 0 Å². The molecule has 0 aliphatic heterocycles. The summed E-state index contributed by atoms with van der Waals surface area (Å²) in [6.45, 7) is 2.43. The van der Waals surface area contributed by atoms with Crippen molar-refractivity contribution >= 4 is 27.9 Å². The van der Waals surface area contributed by atoms with Gasteiger partial charge in [-0.2, -0.15) is 0 Å². The lowest BCUT2D eigenvalue weighted by Crippen LogP contribution is -2.09. The summed E-state index contributed by atoms with van der Waals surface area (Å²) in [5, 5.41) is 0. The number of carbonyl (C=O) groups is 2. The summed E-state index contributed by atoms with van der Waals surface area (Å²) in [5.74, 6) is 0.0940. The molecule has 0 aliphatic carbocycles. The van der Waals surface area contributed by atoms with Gasteiger partial charge in [0.1, 0.15) is 11.5 Å². The second-order valence-corrected chi connectivity index (χ2v) is 6.11. The standard InChI is InChI=1S/C19H19BrO5/c1-3-4-11-24-18(21)13-5-8-15(9-6-13)25-19(22)14-7-10-17(23-2)16(20)12-14/h5-10,12H,3-4,11H2,1-2H3. The molecule has 25 heavy (non-hydrogen) atoms. The monoisotopic (exact) mass is 406 g/mol. The second-order valence-electron chi connectivity index (χ2n) is 5.25. The highest BCUT2D eigenvalue weighted by Crippen LogP contribution is 2.26. The van der Waals surface area contributed by atoms with Crippen molar-refractivity contribution in [3.05, 3.63) is 58.1 Å². The molecular weight excluding hydrogens is 388 g/mol. The number of ether oxygens (including phenoxy) is 3. The van der Waals surface area contributed by atoms with Crippen LogP contribution in [0, 0.1) is 0 Å². The third-order valence-electron chi connectivity index (χ3n) is 3.42. The van der Waals surface area contributed by atoms with Gasteiger partial charge in [-0.25, -0.2) is 9.59 Å². The van der Waals surface area contributed by atoms with Crippen LogP contribution in [0.1, 0.15) is 40.5 Å². The number of benzene rings is 2.